The van der Waals surface area contributed by atoms with Crippen LogP contribution < -0.4 is 11.1 Å². The summed E-state index contributed by atoms with van der Waals surface area (Å²) in [6.07, 6.45) is 6.33. The Hall–Kier alpha value is -1.22. The number of amides is 1. The highest BCUT2D eigenvalue weighted by molar-refractivity contribution is 6.34. The van der Waals surface area contributed by atoms with Crippen LogP contribution in [0.4, 0.5) is 5.69 Å². The van der Waals surface area contributed by atoms with Crippen molar-refractivity contribution in [2.45, 2.75) is 32.1 Å². The Balaban J connectivity index is 1.85. The Bertz CT molecular complexity index is 428. The largest absolute Gasteiger partial charge is 0.399 e. The summed E-state index contributed by atoms with van der Waals surface area (Å²) in [5, 5.41) is 3.36. The summed E-state index contributed by atoms with van der Waals surface area (Å²) in [6, 6.07) is 4.97. The number of hydrogen-bond acceptors (Lipinski definition) is 2. The lowest BCUT2D eigenvalue weighted by Gasteiger charge is -2.10. The quantitative estimate of drug-likeness (QED) is 0.822. The molecule has 0 aliphatic heterocycles. The minimum atomic E-state index is -0.134. The number of nitrogens with one attached hydrogen (secondary N) is 1. The molecule has 3 nitrogen and oxygen atoms in total. The first-order valence-electron chi connectivity index (χ1n) is 6.50. The van der Waals surface area contributed by atoms with Crippen molar-refractivity contribution in [1.29, 1.82) is 0 Å². The zero-order valence-electron chi connectivity index (χ0n) is 10.4. The van der Waals surface area contributed by atoms with Gasteiger partial charge < -0.3 is 11.1 Å². The van der Waals surface area contributed by atoms with Gasteiger partial charge in [0.25, 0.3) is 5.91 Å². The predicted octanol–water partition coefficient (Wildman–Crippen LogP) is 3.23. The van der Waals surface area contributed by atoms with Gasteiger partial charge in [-0.15, -0.1) is 0 Å². The molecule has 0 spiro atoms. The highest BCUT2D eigenvalue weighted by Crippen LogP contribution is 2.27. The topological polar surface area (TPSA) is 55.1 Å². The third kappa shape index (κ3) is 3.39. The Morgan fingerprint density at radius 3 is 2.83 bits per heavy atom. The van der Waals surface area contributed by atoms with Crippen molar-refractivity contribution in [1.82, 2.24) is 5.32 Å². The Kier molecular flexibility index (Phi) is 4.48. The molecule has 1 amide bonds. The summed E-state index contributed by atoms with van der Waals surface area (Å²) < 4.78 is 0. The predicted molar refractivity (Wildman–Crippen MR) is 74.8 cm³/mol. The van der Waals surface area contributed by atoms with Crippen LogP contribution in [0.1, 0.15) is 42.5 Å². The lowest BCUT2D eigenvalue weighted by atomic mass is 10.0. The van der Waals surface area contributed by atoms with Crippen molar-refractivity contribution in [3.63, 3.8) is 0 Å². The Labute approximate surface area is 113 Å². The Morgan fingerprint density at radius 2 is 2.11 bits per heavy atom. The van der Waals surface area contributed by atoms with Crippen LogP contribution in [0.2, 0.25) is 5.02 Å². The van der Waals surface area contributed by atoms with Gasteiger partial charge in [-0.1, -0.05) is 37.3 Å². The maximum absolute atomic E-state index is 11.9. The van der Waals surface area contributed by atoms with Gasteiger partial charge in [-0.25, -0.2) is 0 Å². The van der Waals surface area contributed by atoms with E-state index in [1.807, 2.05) is 0 Å². The molecule has 0 heterocycles. The zero-order valence-corrected chi connectivity index (χ0v) is 11.2. The van der Waals surface area contributed by atoms with Gasteiger partial charge in [0.15, 0.2) is 0 Å². The molecule has 2 rings (SSSR count). The van der Waals surface area contributed by atoms with Crippen LogP contribution in [0.25, 0.3) is 0 Å². The van der Waals surface area contributed by atoms with Gasteiger partial charge in [-0.3, -0.25) is 4.79 Å². The monoisotopic (exact) mass is 266 g/mol. The molecular weight excluding hydrogens is 248 g/mol. The first-order chi connectivity index (χ1) is 8.66. The van der Waals surface area contributed by atoms with Crippen LogP contribution in [0.3, 0.4) is 0 Å². The molecule has 1 aliphatic rings. The molecule has 0 unspecified atom stereocenters. The highest BCUT2D eigenvalue weighted by Gasteiger charge is 2.15. The van der Waals surface area contributed by atoms with Crippen LogP contribution >= 0.6 is 11.6 Å². The molecule has 1 fully saturated rings. The van der Waals surface area contributed by atoms with Gasteiger partial charge in [0, 0.05) is 12.2 Å². The number of rotatable bonds is 4. The van der Waals surface area contributed by atoms with E-state index >= 15 is 0 Å². The number of nitrogens with two attached hydrogens (primary N) is 1. The van der Waals surface area contributed by atoms with E-state index in [2.05, 4.69) is 5.32 Å². The van der Waals surface area contributed by atoms with Crippen molar-refractivity contribution in [2.24, 2.45) is 5.92 Å². The normalized spacial score (nSPS) is 15.8. The zero-order chi connectivity index (χ0) is 13.0. The maximum Gasteiger partial charge on any atom is 0.252 e. The van der Waals surface area contributed by atoms with Gasteiger partial charge in [0.2, 0.25) is 0 Å². The summed E-state index contributed by atoms with van der Waals surface area (Å²) >= 11 is 5.98. The maximum atomic E-state index is 11.9. The average Bonchev–Trinajstić information content (AvgIpc) is 2.85. The van der Waals surface area contributed by atoms with Crippen LogP contribution in [-0.4, -0.2) is 12.5 Å². The van der Waals surface area contributed by atoms with E-state index in [1.54, 1.807) is 18.2 Å². The van der Waals surface area contributed by atoms with Crippen LogP contribution in [-0.2, 0) is 0 Å². The number of nitrogen functional groups attached to an aromatic ring is 1. The SMILES string of the molecule is Nc1ccc(Cl)c(C(=O)NCCC2CCCC2)c1. The van der Waals surface area contributed by atoms with Gasteiger partial charge in [-0.05, 0) is 30.5 Å². The molecule has 0 bridgehead atoms. The third-order valence-corrected chi connectivity index (χ3v) is 3.88. The van der Waals surface area contributed by atoms with Crippen molar-refractivity contribution >= 4 is 23.2 Å². The van der Waals surface area contributed by atoms with Gasteiger partial charge >= 0.3 is 0 Å². The number of carbonyl (C=O) groups is 1. The summed E-state index contributed by atoms with van der Waals surface area (Å²) in [7, 11) is 0. The molecule has 0 radical (unpaired) electrons. The van der Waals surface area contributed by atoms with Crippen molar-refractivity contribution in [3.05, 3.63) is 28.8 Å². The molecule has 1 aromatic rings. The van der Waals surface area contributed by atoms with E-state index < -0.39 is 0 Å². The molecule has 0 atom stereocenters. The fourth-order valence-corrected chi connectivity index (χ4v) is 2.70. The fourth-order valence-electron chi connectivity index (χ4n) is 2.50. The van der Waals surface area contributed by atoms with E-state index in [-0.39, 0.29) is 5.91 Å². The minimum absolute atomic E-state index is 0.134. The van der Waals surface area contributed by atoms with Crippen molar-refractivity contribution in [2.75, 3.05) is 12.3 Å². The standard InChI is InChI=1S/C14H19ClN2O/c15-13-6-5-11(16)9-12(13)14(18)17-8-7-10-3-1-2-4-10/h5-6,9-10H,1-4,7-8,16H2,(H,17,18). The van der Waals surface area contributed by atoms with Crippen LogP contribution in [0.15, 0.2) is 18.2 Å². The summed E-state index contributed by atoms with van der Waals surface area (Å²) in [5.41, 5.74) is 6.67. The smallest absolute Gasteiger partial charge is 0.252 e. The average molecular weight is 267 g/mol. The number of anilines is 1. The first-order valence-corrected chi connectivity index (χ1v) is 6.88. The van der Waals surface area contributed by atoms with Crippen LogP contribution in [0.5, 0.6) is 0 Å². The lowest BCUT2D eigenvalue weighted by Crippen LogP contribution is -2.26. The molecule has 98 valence electrons. The van der Waals surface area contributed by atoms with Gasteiger partial charge in [0.1, 0.15) is 0 Å². The molecular formula is C14H19ClN2O. The van der Waals surface area contributed by atoms with E-state index in [0.29, 0.717) is 22.8 Å². The van der Waals surface area contributed by atoms with Crippen molar-refractivity contribution in [3.8, 4) is 0 Å². The second-order valence-corrected chi connectivity index (χ2v) is 5.34. The minimum Gasteiger partial charge on any atom is -0.399 e. The second kappa shape index (κ2) is 6.10. The van der Waals surface area contributed by atoms with Crippen LogP contribution in [0, 0.1) is 5.92 Å². The molecule has 4 heteroatoms. The molecule has 3 N–H and O–H groups in total. The van der Waals surface area contributed by atoms with E-state index in [1.165, 1.54) is 25.7 Å². The first kappa shape index (κ1) is 13.2. The van der Waals surface area contributed by atoms with Gasteiger partial charge in [-0.2, -0.15) is 0 Å². The Morgan fingerprint density at radius 1 is 1.39 bits per heavy atom. The van der Waals surface area contributed by atoms with Crippen molar-refractivity contribution < 1.29 is 4.79 Å². The number of benzene rings is 1. The summed E-state index contributed by atoms with van der Waals surface area (Å²) in [4.78, 5) is 11.9. The lowest BCUT2D eigenvalue weighted by molar-refractivity contribution is 0.0951. The second-order valence-electron chi connectivity index (χ2n) is 4.93. The molecule has 1 aliphatic carbocycles. The number of carbonyl (C=O) groups excluding carboxylic acids is 1. The molecule has 0 saturated heterocycles. The molecule has 1 aromatic carbocycles. The number of hydrogen-bond donors (Lipinski definition) is 2. The van der Waals surface area contributed by atoms with Gasteiger partial charge in [0.05, 0.1) is 10.6 Å². The molecule has 1 saturated carbocycles. The van der Waals surface area contributed by atoms with E-state index in [4.69, 9.17) is 17.3 Å². The third-order valence-electron chi connectivity index (χ3n) is 3.55. The fraction of sp³-hybridized carbons (Fsp3) is 0.500. The highest BCUT2D eigenvalue weighted by atomic mass is 35.5. The summed E-state index contributed by atoms with van der Waals surface area (Å²) in [6.45, 7) is 0.717. The van der Waals surface area contributed by atoms with E-state index in [0.717, 1.165) is 12.3 Å². The molecule has 0 aromatic heterocycles. The van der Waals surface area contributed by atoms with E-state index in [9.17, 15) is 4.79 Å². The summed E-state index contributed by atoms with van der Waals surface area (Å²) in [5.74, 6) is 0.645. The number of halogens is 1. The molecule has 18 heavy (non-hydrogen) atoms.